The number of nitrogens with zero attached hydrogens (tertiary/aromatic N) is 3. The summed E-state index contributed by atoms with van der Waals surface area (Å²) in [5, 5.41) is 14.6. The maximum atomic E-state index is 9.28. The van der Waals surface area contributed by atoms with E-state index < -0.39 is 0 Å². The third-order valence-corrected chi connectivity index (χ3v) is 5.35. The molecular weight excluding hydrogens is 198 g/mol. The predicted molar refractivity (Wildman–Crippen MR) is 60.3 cm³/mol. The zero-order valence-electron chi connectivity index (χ0n) is 9.68. The van der Waals surface area contributed by atoms with Crippen LogP contribution in [0.3, 0.4) is 0 Å². The van der Waals surface area contributed by atoms with Gasteiger partial charge in [0.1, 0.15) is 0 Å². The van der Waals surface area contributed by atoms with Gasteiger partial charge in [-0.25, -0.2) is 10.0 Å². The molecule has 5 fully saturated rings. The molecule has 0 unspecified atom stereocenters. The van der Waals surface area contributed by atoms with Gasteiger partial charge in [-0.2, -0.15) is 5.26 Å². The van der Waals surface area contributed by atoms with Gasteiger partial charge in [-0.15, -0.1) is 0 Å². The summed E-state index contributed by atoms with van der Waals surface area (Å²) >= 11 is 0. The quantitative estimate of drug-likeness (QED) is 0.621. The molecule has 0 N–H and O–H groups in total. The van der Waals surface area contributed by atoms with Crippen LogP contribution in [-0.4, -0.2) is 34.2 Å². The predicted octanol–water partition coefficient (Wildman–Crippen LogP) is 1.90. The fraction of sp³-hybridized carbons (Fsp3) is 0.923. The standard InChI is InChI=1S/C13H19N3/c14-8-9-1-2-12-7-13(9)16-11-5-3-10(4-6-11)15(12)16/h9-13H,1-7H2/t9-,10?,11?,12+,13+/m1/s1. The van der Waals surface area contributed by atoms with E-state index in [1.54, 1.807) is 0 Å². The van der Waals surface area contributed by atoms with Gasteiger partial charge in [0.25, 0.3) is 0 Å². The van der Waals surface area contributed by atoms with Crippen LogP contribution >= 0.6 is 0 Å². The van der Waals surface area contributed by atoms with E-state index >= 15 is 0 Å². The maximum absolute atomic E-state index is 9.28. The molecule has 5 aliphatic rings. The molecule has 0 aromatic heterocycles. The first kappa shape index (κ1) is 9.44. The first-order valence-electron chi connectivity index (χ1n) is 6.84. The maximum Gasteiger partial charge on any atom is 0.0672 e. The molecule has 3 nitrogen and oxygen atoms in total. The molecule has 0 aromatic carbocycles. The highest BCUT2D eigenvalue weighted by Gasteiger charge is 2.54. The lowest BCUT2D eigenvalue weighted by molar-refractivity contribution is -0.156. The van der Waals surface area contributed by atoms with E-state index in [2.05, 4.69) is 16.1 Å². The Morgan fingerprint density at radius 2 is 1.44 bits per heavy atom. The summed E-state index contributed by atoms with van der Waals surface area (Å²) in [7, 11) is 0. The van der Waals surface area contributed by atoms with Crippen molar-refractivity contribution in [2.75, 3.05) is 0 Å². The van der Waals surface area contributed by atoms with Crippen molar-refractivity contribution >= 4 is 0 Å². The average molecular weight is 217 g/mol. The number of hydrogen-bond acceptors (Lipinski definition) is 3. The van der Waals surface area contributed by atoms with Crippen molar-refractivity contribution in [2.24, 2.45) is 5.92 Å². The zero-order valence-corrected chi connectivity index (χ0v) is 9.68. The lowest BCUT2D eigenvalue weighted by Crippen LogP contribution is -2.61. The van der Waals surface area contributed by atoms with Crippen molar-refractivity contribution in [3.63, 3.8) is 0 Å². The van der Waals surface area contributed by atoms with Gasteiger partial charge in [-0.3, -0.25) is 0 Å². The molecule has 3 atom stereocenters. The highest BCUT2D eigenvalue weighted by atomic mass is 15.7. The second-order valence-electron chi connectivity index (χ2n) is 5.99. The molecule has 86 valence electrons. The van der Waals surface area contributed by atoms with Gasteiger partial charge in [0.15, 0.2) is 0 Å². The molecule has 4 bridgehead atoms. The third-order valence-electron chi connectivity index (χ3n) is 5.35. The SMILES string of the molecule is N#C[C@H]1CC[C@H]2C[C@@H]1N1C3CCC(CC3)N21. The monoisotopic (exact) mass is 217 g/mol. The number of hydrazine groups is 1. The van der Waals surface area contributed by atoms with Crippen LogP contribution in [0.15, 0.2) is 0 Å². The minimum atomic E-state index is 0.306. The molecule has 0 spiro atoms. The van der Waals surface area contributed by atoms with Crippen LogP contribution in [0.2, 0.25) is 0 Å². The van der Waals surface area contributed by atoms with Gasteiger partial charge >= 0.3 is 0 Å². The Hall–Kier alpha value is -0.590. The Labute approximate surface area is 97.0 Å². The van der Waals surface area contributed by atoms with E-state index in [9.17, 15) is 5.26 Å². The first-order valence-corrected chi connectivity index (χ1v) is 6.84. The summed E-state index contributed by atoms with van der Waals surface area (Å²) in [4.78, 5) is 0. The van der Waals surface area contributed by atoms with Gasteiger partial charge in [0, 0.05) is 24.2 Å². The van der Waals surface area contributed by atoms with Crippen LogP contribution in [0, 0.1) is 17.2 Å². The summed E-state index contributed by atoms with van der Waals surface area (Å²) in [5.74, 6) is 0.306. The van der Waals surface area contributed by atoms with Crippen molar-refractivity contribution in [3.05, 3.63) is 0 Å². The molecule has 16 heavy (non-hydrogen) atoms. The Kier molecular flexibility index (Phi) is 1.89. The van der Waals surface area contributed by atoms with Crippen LogP contribution in [0.4, 0.5) is 0 Å². The summed E-state index contributed by atoms with van der Waals surface area (Å²) in [6.07, 6.45) is 9.23. The fourth-order valence-electron chi connectivity index (χ4n) is 4.70. The van der Waals surface area contributed by atoms with Crippen molar-refractivity contribution in [2.45, 2.75) is 69.1 Å². The highest BCUT2D eigenvalue weighted by molar-refractivity contribution is 5.08. The van der Waals surface area contributed by atoms with E-state index in [-0.39, 0.29) is 0 Å². The highest BCUT2D eigenvalue weighted by Crippen LogP contribution is 2.48. The minimum absolute atomic E-state index is 0.306. The molecule has 3 aliphatic heterocycles. The molecule has 0 radical (unpaired) electrons. The van der Waals surface area contributed by atoms with Crippen molar-refractivity contribution in [1.29, 1.82) is 5.26 Å². The van der Waals surface area contributed by atoms with Crippen molar-refractivity contribution < 1.29 is 0 Å². The largest absolute Gasteiger partial charge is 0.235 e. The van der Waals surface area contributed by atoms with Gasteiger partial charge < -0.3 is 0 Å². The van der Waals surface area contributed by atoms with Crippen LogP contribution in [-0.2, 0) is 0 Å². The second kappa shape index (κ2) is 3.21. The molecular formula is C13H19N3. The van der Waals surface area contributed by atoms with Crippen LogP contribution < -0.4 is 0 Å². The Morgan fingerprint density at radius 1 is 0.812 bits per heavy atom. The van der Waals surface area contributed by atoms with Gasteiger partial charge in [-0.05, 0) is 44.9 Å². The van der Waals surface area contributed by atoms with Crippen LogP contribution in [0.5, 0.6) is 0 Å². The van der Waals surface area contributed by atoms with E-state index in [0.717, 1.165) is 24.5 Å². The fourth-order valence-corrected chi connectivity index (χ4v) is 4.70. The molecule has 5 rings (SSSR count). The number of nitriles is 1. The summed E-state index contributed by atoms with van der Waals surface area (Å²) in [6.45, 7) is 0. The number of fused-ring (bicyclic) bond motifs is 4. The normalized spacial score (nSPS) is 51.3. The minimum Gasteiger partial charge on any atom is -0.235 e. The Morgan fingerprint density at radius 3 is 2.12 bits per heavy atom. The van der Waals surface area contributed by atoms with Gasteiger partial charge in [0.2, 0.25) is 0 Å². The van der Waals surface area contributed by atoms with E-state index in [0.29, 0.717) is 12.0 Å². The number of rotatable bonds is 0. The van der Waals surface area contributed by atoms with Gasteiger partial charge in [0.05, 0.1) is 12.0 Å². The topological polar surface area (TPSA) is 30.3 Å². The summed E-state index contributed by atoms with van der Waals surface area (Å²) in [5.41, 5.74) is 0. The Bertz CT molecular complexity index is 340. The second-order valence-corrected chi connectivity index (χ2v) is 5.99. The van der Waals surface area contributed by atoms with E-state index in [1.165, 1.54) is 38.5 Å². The lowest BCUT2D eigenvalue weighted by atomic mass is 9.84. The summed E-state index contributed by atoms with van der Waals surface area (Å²) < 4.78 is 0. The van der Waals surface area contributed by atoms with Crippen molar-refractivity contribution in [1.82, 2.24) is 10.0 Å². The zero-order chi connectivity index (χ0) is 10.7. The molecule has 3 heteroatoms. The first-order chi connectivity index (χ1) is 7.88. The van der Waals surface area contributed by atoms with E-state index in [1.807, 2.05) is 0 Å². The number of hydrogen-bond donors (Lipinski definition) is 0. The van der Waals surface area contributed by atoms with Gasteiger partial charge in [-0.1, -0.05) is 0 Å². The Balaban J connectivity index is 1.72. The smallest absolute Gasteiger partial charge is 0.0672 e. The summed E-state index contributed by atoms with van der Waals surface area (Å²) in [6, 6.07) is 5.49. The van der Waals surface area contributed by atoms with E-state index in [4.69, 9.17) is 0 Å². The molecule has 2 saturated carbocycles. The molecule has 2 aliphatic carbocycles. The van der Waals surface area contributed by atoms with Crippen molar-refractivity contribution in [3.8, 4) is 6.07 Å². The van der Waals surface area contributed by atoms with Crippen LogP contribution in [0.25, 0.3) is 0 Å². The molecule has 3 saturated heterocycles. The third kappa shape index (κ3) is 1.05. The molecule has 3 heterocycles. The lowest BCUT2D eigenvalue weighted by Gasteiger charge is -2.53. The molecule has 0 aromatic rings. The average Bonchev–Trinajstić information content (AvgIpc) is 2.68. The molecule has 0 amide bonds. The van der Waals surface area contributed by atoms with Crippen LogP contribution in [0.1, 0.15) is 44.9 Å².